The number of benzene rings is 1. The second kappa shape index (κ2) is 5.91. The second-order valence-electron chi connectivity index (χ2n) is 6.11. The standard InChI is InChI=1S/C18H16IN5O/c1-9-15(11(3)24-8-21-10(2)17(24)22-9)18(25)23-13-5-4-12-7-20-16(19)14(12)6-13/h4-6,8H,7H2,1-3H3,(H,23,25). The van der Waals surface area contributed by atoms with Crippen molar-refractivity contribution in [3.63, 3.8) is 0 Å². The molecule has 1 amide bonds. The minimum absolute atomic E-state index is 0.166. The molecule has 4 rings (SSSR count). The molecule has 3 heterocycles. The lowest BCUT2D eigenvalue weighted by molar-refractivity contribution is 0.102. The van der Waals surface area contributed by atoms with Crippen molar-refractivity contribution in [2.45, 2.75) is 27.3 Å². The Balaban J connectivity index is 1.71. The normalized spacial score (nSPS) is 13.0. The first-order valence-electron chi connectivity index (χ1n) is 7.91. The van der Waals surface area contributed by atoms with E-state index in [9.17, 15) is 4.79 Å². The number of carbonyl (C=O) groups is 1. The van der Waals surface area contributed by atoms with Gasteiger partial charge in [0.2, 0.25) is 0 Å². The van der Waals surface area contributed by atoms with E-state index in [0.29, 0.717) is 17.8 Å². The number of fused-ring (bicyclic) bond motifs is 2. The molecule has 1 N–H and O–H groups in total. The van der Waals surface area contributed by atoms with Crippen molar-refractivity contribution < 1.29 is 4.79 Å². The van der Waals surface area contributed by atoms with Gasteiger partial charge in [-0.25, -0.2) is 9.97 Å². The minimum atomic E-state index is -0.166. The maximum absolute atomic E-state index is 12.9. The van der Waals surface area contributed by atoms with E-state index < -0.39 is 0 Å². The molecule has 1 aliphatic rings. The summed E-state index contributed by atoms with van der Waals surface area (Å²) in [5.74, 6) is -0.166. The third-order valence-corrected chi connectivity index (χ3v) is 5.40. The first kappa shape index (κ1) is 16.2. The lowest BCUT2D eigenvalue weighted by Crippen LogP contribution is -2.18. The van der Waals surface area contributed by atoms with Crippen molar-refractivity contribution in [2.24, 2.45) is 4.99 Å². The Morgan fingerprint density at radius 1 is 1.24 bits per heavy atom. The van der Waals surface area contributed by atoms with E-state index >= 15 is 0 Å². The summed E-state index contributed by atoms with van der Waals surface area (Å²) in [6.07, 6.45) is 1.71. The average Bonchev–Trinajstić information content (AvgIpc) is 3.12. The molecule has 0 unspecified atom stereocenters. The van der Waals surface area contributed by atoms with E-state index in [4.69, 9.17) is 0 Å². The van der Waals surface area contributed by atoms with Gasteiger partial charge < -0.3 is 5.32 Å². The van der Waals surface area contributed by atoms with E-state index in [-0.39, 0.29) is 5.91 Å². The van der Waals surface area contributed by atoms with Crippen molar-refractivity contribution in [1.82, 2.24) is 14.4 Å². The number of halogens is 1. The molecule has 1 aliphatic heterocycles. The van der Waals surface area contributed by atoms with Gasteiger partial charge in [-0.05, 0) is 61.1 Å². The van der Waals surface area contributed by atoms with Gasteiger partial charge in [-0.2, -0.15) is 0 Å². The zero-order chi connectivity index (χ0) is 17.7. The smallest absolute Gasteiger partial charge is 0.259 e. The predicted molar refractivity (Wildman–Crippen MR) is 106 cm³/mol. The van der Waals surface area contributed by atoms with Crippen LogP contribution in [0.5, 0.6) is 0 Å². The number of aromatic nitrogens is 3. The first-order valence-corrected chi connectivity index (χ1v) is 8.99. The van der Waals surface area contributed by atoms with E-state index in [0.717, 1.165) is 32.0 Å². The number of hydrogen-bond donors (Lipinski definition) is 1. The van der Waals surface area contributed by atoms with Gasteiger partial charge >= 0.3 is 0 Å². The van der Waals surface area contributed by atoms with Gasteiger partial charge in [-0.15, -0.1) is 0 Å². The summed E-state index contributed by atoms with van der Waals surface area (Å²) >= 11 is 2.22. The number of rotatable bonds is 2. The zero-order valence-corrected chi connectivity index (χ0v) is 16.2. The third-order valence-electron chi connectivity index (χ3n) is 4.48. The Morgan fingerprint density at radius 2 is 2.04 bits per heavy atom. The molecule has 0 saturated carbocycles. The number of nitrogens with zero attached hydrogens (tertiary/aromatic N) is 4. The Morgan fingerprint density at radius 3 is 2.84 bits per heavy atom. The molecule has 0 fully saturated rings. The van der Waals surface area contributed by atoms with Crippen LogP contribution < -0.4 is 5.32 Å². The number of carbonyl (C=O) groups excluding carboxylic acids is 1. The SMILES string of the molecule is Cc1nc2c(C)ncn2c(C)c1C(=O)Nc1ccc2c(c1)C(I)=NC2. The predicted octanol–water partition coefficient (Wildman–Crippen LogP) is 3.60. The van der Waals surface area contributed by atoms with Gasteiger partial charge in [0.05, 0.1) is 23.5 Å². The molecule has 0 atom stereocenters. The van der Waals surface area contributed by atoms with Crippen LogP contribution in [0.4, 0.5) is 5.69 Å². The van der Waals surface area contributed by atoms with Gasteiger partial charge in [0.25, 0.3) is 5.91 Å². The molecule has 7 heteroatoms. The van der Waals surface area contributed by atoms with Gasteiger partial charge in [-0.3, -0.25) is 14.2 Å². The summed E-state index contributed by atoms with van der Waals surface area (Å²) in [4.78, 5) is 26.1. The van der Waals surface area contributed by atoms with Crippen LogP contribution in [0.15, 0.2) is 29.5 Å². The molecule has 0 radical (unpaired) electrons. The molecule has 3 aromatic rings. The molecule has 0 spiro atoms. The minimum Gasteiger partial charge on any atom is -0.322 e. The van der Waals surface area contributed by atoms with E-state index in [1.807, 2.05) is 43.4 Å². The van der Waals surface area contributed by atoms with Crippen LogP contribution in [0.25, 0.3) is 5.65 Å². The molecule has 0 bridgehead atoms. The molecule has 6 nitrogen and oxygen atoms in total. The highest BCUT2D eigenvalue weighted by Crippen LogP contribution is 2.26. The number of amides is 1. The molecule has 126 valence electrons. The zero-order valence-electron chi connectivity index (χ0n) is 14.1. The second-order valence-corrected chi connectivity index (χ2v) is 7.14. The van der Waals surface area contributed by atoms with Gasteiger partial charge in [0.15, 0.2) is 5.65 Å². The Labute approximate surface area is 158 Å². The van der Waals surface area contributed by atoms with Crippen LogP contribution in [0.1, 0.15) is 38.6 Å². The topological polar surface area (TPSA) is 71.7 Å². The highest BCUT2D eigenvalue weighted by molar-refractivity contribution is 14.1. The Kier molecular flexibility index (Phi) is 3.82. The van der Waals surface area contributed by atoms with Crippen molar-refractivity contribution in [3.8, 4) is 0 Å². The summed E-state index contributed by atoms with van der Waals surface area (Å²) in [5.41, 5.74) is 6.78. The largest absolute Gasteiger partial charge is 0.322 e. The van der Waals surface area contributed by atoms with E-state index in [1.165, 1.54) is 5.56 Å². The van der Waals surface area contributed by atoms with Crippen LogP contribution in [-0.2, 0) is 6.54 Å². The fourth-order valence-corrected chi connectivity index (χ4v) is 3.83. The van der Waals surface area contributed by atoms with Crippen molar-refractivity contribution in [1.29, 1.82) is 0 Å². The van der Waals surface area contributed by atoms with Crippen LogP contribution in [0.3, 0.4) is 0 Å². The van der Waals surface area contributed by atoms with Crippen LogP contribution >= 0.6 is 22.6 Å². The van der Waals surface area contributed by atoms with Gasteiger partial charge in [-0.1, -0.05) is 6.07 Å². The fraction of sp³-hybridized carbons (Fsp3) is 0.222. The number of hydrogen-bond acceptors (Lipinski definition) is 4. The molecule has 0 saturated heterocycles. The summed E-state index contributed by atoms with van der Waals surface area (Å²) in [6.45, 7) is 6.39. The molecule has 25 heavy (non-hydrogen) atoms. The first-order chi connectivity index (χ1) is 12.0. The molecular weight excluding hydrogens is 429 g/mol. The van der Waals surface area contributed by atoms with Crippen molar-refractivity contribution >= 4 is 43.6 Å². The molecular formula is C18H16IN5O. The van der Waals surface area contributed by atoms with Crippen LogP contribution in [0, 0.1) is 20.8 Å². The molecule has 0 aliphatic carbocycles. The maximum Gasteiger partial charge on any atom is 0.259 e. The summed E-state index contributed by atoms with van der Waals surface area (Å²) < 4.78 is 2.84. The summed E-state index contributed by atoms with van der Waals surface area (Å²) in [5, 5.41) is 2.99. The quantitative estimate of drug-likeness (QED) is 0.613. The van der Waals surface area contributed by atoms with Crippen LogP contribution in [0.2, 0.25) is 0 Å². The van der Waals surface area contributed by atoms with Gasteiger partial charge in [0, 0.05) is 16.9 Å². The highest BCUT2D eigenvalue weighted by atomic mass is 127. The summed E-state index contributed by atoms with van der Waals surface area (Å²) in [7, 11) is 0. The number of aryl methyl sites for hydroxylation is 3. The number of imidazole rings is 1. The number of nitrogens with one attached hydrogen (secondary N) is 1. The lowest BCUT2D eigenvalue weighted by Gasteiger charge is -2.13. The Hall–Kier alpha value is -2.29. The fourth-order valence-electron chi connectivity index (χ4n) is 3.15. The Bertz CT molecular complexity index is 1070. The van der Waals surface area contributed by atoms with Gasteiger partial charge in [0.1, 0.15) is 10.0 Å². The molecule has 2 aromatic heterocycles. The third kappa shape index (κ3) is 2.62. The summed E-state index contributed by atoms with van der Waals surface area (Å²) in [6, 6.07) is 5.91. The maximum atomic E-state index is 12.9. The van der Waals surface area contributed by atoms with Crippen molar-refractivity contribution in [3.05, 3.63) is 58.3 Å². The van der Waals surface area contributed by atoms with Crippen LogP contribution in [-0.4, -0.2) is 24.0 Å². The number of aliphatic imine (C=N–C) groups is 1. The highest BCUT2D eigenvalue weighted by Gasteiger charge is 2.19. The molecule has 1 aromatic carbocycles. The monoisotopic (exact) mass is 445 g/mol. The van der Waals surface area contributed by atoms with E-state index in [2.05, 4.69) is 42.9 Å². The van der Waals surface area contributed by atoms with E-state index in [1.54, 1.807) is 6.33 Å². The average molecular weight is 445 g/mol. The van der Waals surface area contributed by atoms with Crippen molar-refractivity contribution in [2.75, 3.05) is 5.32 Å². The number of anilines is 1. The lowest BCUT2D eigenvalue weighted by atomic mass is 10.1.